The van der Waals surface area contributed by atoms with E-state index in [9.17, 15) is 4.79 Å². The van der Waals surface area contributed by atoms with E-state index >= 15 is 0 Å². The molecule has 0 spiro atoms. The van der Waals surface area contributed by atoms with Crippen molar-refractivity contribution in [2.75, 3.05) is 0 Å². The SMILES string of the molecule is C=C(C)C(=O)OC1CCC(C)(C)c2ccccc21. The number of benzene rings is 1. The average Bonchev–Trinajstić information content (AvgIpc) is 2.33. The number of carbonyl (C=O) groups is 1. The molecule has 0 bridgehead atoms. The Kier molecular flexibility index (Phi) is 3.29. The summed E-state index contributed by atoms with van der Waals surface area (Å²) in [7, 11) is 0. The highest BCUT2D eigenvalue weighted by Crippen LogP contribution is 2.42. The lowest BCUT2D eigenvalue weighted by atomic mass is 9.72. The quantitative estimate of drug-likeness (QED) is 0.582. The summed E-state index contributed by atoms with van der Waals surface area (Å²) in [6.07, 6.45) is 1.78. The van der Waals surface area contributed by atoms with E-state index in [1.807, 2.05) is 12.1 Å². The van der Waals surface area contributed by atoms with E-state index in [2.05, 4.69) is 32.6 Å². The van der Waals surface area contributed by atoms with Crippen LogP contribution in [0, 0.1) is 0 Å². The minimum absolute atomic E-state index is 0.126. The van der Waals surface area contributed by atoms with Crippen LogP contribution in [0.5, 0.6) is 0 Å². The van der Waals surface area contributed by atoms with Crippen molar-refractivity contribution in [3.63, 3.8) is 0 Å². The molecule has 1 atom stereocenters. The molecule has 1 aliphatic rings. The highest BCUT2D eigenvalue weighted by Gasteiger charge is 2.33. The summed E-state index contributed by atoms with van der Waals surface area (Å²) < 4.78 is 5.53. The van der Waals surface area contributed by atoms with Crippen molar-refractivity contribution in [3.8, 4) is 0 Å². The molecule has 1 aliphatic carbocycles. The third-order valence-electron chi connectivity index (χ3n) is 3.67. The van der Waals surface area contributed by atoms with Gasteiger partial charge in [0.1, 0.15) is 6.10 Å². The summed E-state index contributed by atoms with van der Waals surface area (Å²) in [5.41, 5.74) is 3.04. The molecule has 1 aromatic carbocycles. The van der Waals surface area contributed by atoms with Gasteiger partial charge in [-0.15, -0.1) is 0 Å². The van der Waals surface area contributed by atoms with E-state index in [4.69, 9.17) is 4.74 Å². The molecule has 2 nitrogen and oxygen atoms in total. The molecule has 0 aromatic heterocycles. The van der Waals surface area contributed by atoms with Crippen molar-refractivity contribution in [2.24, 2.45) is 0 Å². The van der Waals surface area contributed by atoms with Gasteiger partial charge in [-0.1, -0.05) is 44.7 Å². The number of carbonyl (C=O) groups excluding carboxylic acids is 1. The largest absolute Gasteiger partial charge is 0.454 e. The zero-order chi connectivity index (χ0) is 13.3. The highest BCUT2D eigenvalue weighted by atomic mass is 16.5. The predicted octanol–water partition coefficient (Wildman–Crippen LogP) is 3.92. The molecule has 0 saturated heterocycles. The van der Waals surface area contributed by atoms with Gasteiger partial charge in [0.05, 0.1) is 0 Å². The van der Waals surface area contributed by atoms with Gasteiger partial charge < -0.3 is 4.74 Å². The summed E-state index contributed by atoms with van der Waals surface area (Å²) in [6, 6.07) is 8.24. The van der Waals surface area contributed by atoms with Crippen LogP contribution in [0.4, 0.5) is 0 Å². The minimum Gasteiger partial charge on any atom is -0.454 e. The van der Waals surface area contributed by atoms with Gasteiger partial charge in [-0.05, 0) is 36.3 Å². The molecule has 96 valence electrons. The lowest BCUT2D eigenvalue weighted by Gasteiger charge is -2.36. The van der Waals surface area contributed by atoms with Crippen molar-refractivity contribution in [3.05, 3.63) is 47.5 Å². The van der Waals surface area contributed by atoms with E-state index in [1.165, 1.54) is 5.56 Å². The Hall–Kier alpha value is -1.57. The van der Waals surface area contributed by atoms with Crippen LogP contribution in [0.1, 0.15) is 50.8 Å². The molecule has 1 unspecified atom stereocenters. The van der Waals surface area contributed by atoms with Crippen molar-refractivity contribution in [1.29, 1.82) is 0 Å². The molecule has 0 fully saturated rings. The number of ether oxygens (including phenoxy) is 1. The first kappa shape index (κ1) is 12.9. The second-order valence-electron chi connectivity index (χ2n) is 5.68. The van der Waals surface area contributed by atoms with Gasteiger partial charge in [-0.2, -0.15) is 0 Å². The summed E-state index contributed by atoms with van der Waals surface area (Å²) in [4.78, 5) is 11.7. The predicted molar refractivity (Wildman–Crippen MR) is 72.3 cm³/mol. The average molecular weight is 244 g/mol. The van der Waals surface area contributed by atoms with Gasteiger partial charge in [0.2, 0.25) is 0 Å². The Morgan fingerprint density at radius 3 is 2.72 bits per heavy atom. The normalized spacial score (nSPS) is 20.9. The topological polar surface area (TPSA) is 26.3 Å². The molecule has 18 heavy (non-hydrogen) atoms. The van der Waals surface area contributed by atoms with Gasteiger partial charge >= 0.3 is 5.97 Å². The van der Waals surface area contributed by atoms with Crippen LogP contribution in [-0.4, -0.2) is 5.97 Å². The van der Waals surface area contributed by atoms with Crippen molar-refractivity contribution in [2.45, 2.75) is 45.1 Å². The molecule has 0 heterocycles. The molecule has 0 saturated carbocycles. The first-order chi connectivity index (χ1) is 8.42. The van der Waals surface area contributed by atoms with Gasteiger partial charge in [-0.3, -0.25) is 0 Å². The zero-order valence-corrected chi connectivity index (χ0v) is 11.3. The minimum atomic E-state index is -0.297. The lowest BCUT2D eigenvalue weighted by Crippen LogP contribution is -2.28. The molecule has 0 N–H and O–H groups in total. The van der Waals surface area contributed by atoms with Crippen LogP contribution in [0.2, 0.25) is 0 Å². The lowest BCUT2D eigenvalue weighted by molar-refractivity contribution is -0.145. The molecular weight excluding hydrogens is 224 g/mol. The van der Waals surface area contributed by atoms with Crippen LogP contribution < -0.4 is 0 Å². The van der Waals surface area contributed by atoms with E-state index in [-0.39, 0.29) is 17.5 Å². The van der Waals surface area contributed by atoms with Crippen LogP contribution in [0.3, 0.4) is 0 Å². The Labute approximate surface area is 109 Å². The molecule has 1 aromatic rings. The molecule has 2 heteroatoms. The summed E-state index contributed by atoms with van der Waals surface area (Å²) in [5, 5.41) is 0. The smallest absolute Gasteiger partial charge is 0.333 e. The van der Waals surface area contributed by atoms with Crippen molar-refractivity contribution < 1.29 is 9.53 Å². The van der Waals surface area contributed by atoms with Gasteiger partial charge in [0.25, 0.3) is 0 Å². The monoisotopic (exact) mass is 244 g/mol. The highest BCUT2D eigenvalue weighted by molar-refractivity contribution is 5.87. The van der Waals surface area contributed by atoms with Crippen LogP contribution in [-0.2, 0) is 14.9 Å². The van der Waals surface area contributed by atoms with Crippen LogP contribution in [0.15, 0.2) is 36.4 Å². The van der Waals surface area contributed by atoms with Gasteiger partial charge in [0.15, 0.2) is 0 Å². The number of hydrogen-bond acceptors (Lipinski definition) is 2. The Morgan fingerprint density at radius 1 is 1.39 bits per heavy atom. The second kappa shape index (κ2) is 4.60. The van der Waals surface area contributed by atoms with Crippen LogP contribution >= 0.6 is 0 Å². The molecular formula is C16H20O2. The third kappa shape index (κ3) is 2.33. The summed E-state index contributed by atoms with van der Waals surface area (Å²) in [5.74, 6) is -0.297. The van der Waals surface area contributed by atoms with Crippen molar-refractivity contribution in [1.82, 2.24) is 0 Å². The Morgan fingerprint density at radius 2 is 2.06 bits per heavy atom. The van der Waals surface area contributed by atoms with E-state index < -0.39 is 0 Å². The number of hydrogen-bond donors (Lipinski definition) is 0. The third-order valence-corrected chi connectivity index (χ3v) is 3.67. The van der Waals surface area contributed by atoms with E-state index in [0.29, 0.717) is 5.57 Å². The molecule has 0 amide bonds. The fourth-order valence-electron chi connectivity index (χ4n) is 2.53. The Balaban J connectivity index is 2.31. The molecule has 0 radical (unpaired) electrons. The van der Waals surface area contributed by atoms with Crippen LogP contribution in [0.25, 0.3) is 0 Å². The maximum absolute atomic E-state index is 11.7. The van der Waals surface area contributed by atoms with E-state index in [0.717, 1.165) is 18.4 Å². The summed E-state index contributed by atoms with van der Waals surface area (Å²) >= 11 is 0. The fraction of sp³-hybridized carbons (Fsp3) is 0.438. The van der Waals surface area contributed by atoms with Crippen molar-refractivity contribution >= 4 is 5.97 Å². The maximum Gasteiger partial charge on any atom is 0.333 e. The number of rotatable bonds is 2. The fourth-order valence-corrected chi connectivity index (χ4v) is 2.53. The van der Waals surface area contributed by atoms with Gasteiger partial charge in [-0.25, -0.2) is 4.79 Å². The zero-order valence-electron chi connectivity index (χ0n) is 11.3. The maximum atomic E-state index is 11.7. The standard InChI is InChI=1S/C16H20O2/c1-11(2)15(17)18-14-9-10-16(3,4)13-8-6-5-7-12(13)14/h5-8,14H,1,9-10H2,2-4H3. The number of fused-ring (bicyclic) bond motifs is 1. The Bertz CT molecular complexity index is 486. The first-order valence-electron chi connectivity index (χ1n) is 6.38. The summed E-state index contributed by atoms with van der Waals surface area (Å²) in [6.45, 7) is 9.79. The van der Waals surface area contributed by atoms with Gasteiger partial charge in [0, 0.05) is 5.57 Å². The second-order valence-corrected chi connectivity index (χ2v) is 5.68. The number of esters is 1. The van der Waals surface area contributed by atoms with E-state index in [1.54, 1.807) is 6.92 Å². The molecule has 0 aliphatic heterocycles. The first-order valence-corrected chi connectivity index (χ1v) is 6.38. The molecule has 2 rings (SSSR count).